The van der Waals surface area contributed by atoms with E-state index in [9.17, 15) is 4.79 Å². The Bertz CT molecular complexity index is 436. The number of rotatable bonds is 1. The number of aromatic nitrogens is 2. The molecule has 0 aliphatic carbocycles. The van der Waals surface area contributed by atoms with Crippen LogP contribution in [0.15, 0.2) is 22.8 Å². The molecule has 4 heteroatoms. The summed E-state index contributed by atoms with van der Waals surface area (Å²) < 4.78 is 0.888. The molecule has 0 radical (unpaired) electrons. The van der Waals surface area contributed by atoms with Crippen molar-refractivity contribution in [3.63, 3.8) is 0 Å². The van der Waals surface area contributed by atoms with Crippen LogP contribution in [0.5, 0.6) is 0 Å². The largest absolute Gasteiger partial charge is 0.298 e. The van der Waals surface area contributed by atoms with Crippen molar-refractivity contribution in [3.8, 4) is 0 Å². The van der Waals surface area contributed by atoms with Gasteiger partial charge in [-0.2, -0.15) is 5.10 Å². The average Bonchev–Trinajstić information content (AvgIpc) is 2.50. The van der Waals surface area contributed by atoms with E-state index in [4.69, 9.17) is 0 Å². The molecule has 0 atom stereocenters. The number of nitrogens with zero attached hydrogens (tertiary/aromatic N) is 1. The summed E-state index contributed by atoms with van der Waals surface area (Å²) in [5.74, 6) is 0. The minimum absolute atomic E-state index is 0.622. The molecule has 1 aromatic heterocycles. The van der Waals surface area contributed by atoms with Crippen molar-refractivity contribution in [1.29, 1.82) is 0 Å². The summed E-state index contributed by atoms with van der Waals surface area (Å²) in [7, 11) is 0. The molecule has 0 spiro atoms. The van der Waals surface area contributed by atoms with E-state index in [1.165, 1.54) is 0 Å². The molecule has 0 bridgehead atoms. The molecule has 0 aliphatic rings. The lowest BCUT2D eigenvalue weighted by Crippen LogP contribution is -1.82. The van der Waals surface area contributed by atoms with Crippen LogP contribution >= 0.6 is 15.9 Å². The van der Waals surface area contributed by atoms with Gasteiger partial charge in [-0.05, 0) is 12.1 Å². The molecule has 2 aromatic rings. The topological polar surface area (TPSA) is 45.8 Å². The van der Waals surface area contributed by atoms with Gasteiger partial charge in [-0.15, -0.1) is 0 Å². The number of fused-ring (bicyclic) bond motifs is 1. The number of carbonyl (C=O) groups excluding carboxylic acids is 1. The Balaban J connectivity index is 2.88. The summed E-state index contributed by atoms with van der Waals surface area (Å²) in [6.45, 7) is 0. The van der Waals surface area contributed by atoms with Crippen LogP contribution in [0.25, 0.3) is 10.9 Å². The quantitative estimate of drug-likeness (QED) is 0.755. The molecule has 0 saturated carbocycles. The summed E-state index contributed by atoms with van der Waals surface area (Å²) in [6.07, 6.45) is 2.50. The van der Waals surface area contributed by atoms with Gasteiger partial charge in [0.25, 0.3) is 0 Å². The number of nitrogens with one attached hydrogen (secondary N) is 1. The lowest BCUT2D eigenvalue weighted by molar-refractivity contribution is 0.112. The molecule has 0 fully saturated rings. The normalized spacial score (nSPS) is 10.4. The second-order valence-electron chi connectivity index (χ2n) is 2.45. The Morgan fingerprint density at radius 1 is 1.50 bits per heavy atom. The third-order valence-corrected chi connectivity index (χ3v) is 2.13. The minimum atomic E-state index is 0.622. The summed E-state index contributed by atoms with van der Waals surface area (Å²) in [5, 5.41) is 7.55. The monoisotopic (exact) mass is 224 g/mol. The van der Waals surface area contributed by atoms with Crippen LogP contribution in [0.2, 0.25) is 0 Å². The van der Waals surface area contributed by atoms with E-state index in [0.29, 0.717) is 5.56 Å². The molecule has 1 N–H and O–H groups in total. The molecular weight excluding hydrogens is 220 g/mol. The highest BCUT2D eigenvalue weighted by Gasteiger charge is 2.02. The van der Waals surface area contributed by atoms with Crippen LogP contribution in [0.4, 0.5) is 0 Å². The average molecular weight is 225 g/mol. The van der Waals surface area contributed by atoms with E-state index in [2.05, 4.69) is 26.1 Å². The van der Waals surface area contributed by atoms with Crippen molar-refractivity contribution < 1.29 is 4.79 Å². The molecule has 0 unspecified atom stereocenters. The zero-order valence-electron chi connectivity index (χ0n) is 6.04. The van der Waals surface area contributed by atoms with E-state index in [1.807, 2.05) is 6.07 Å². The van der Waals surface area contributed by atoms with Crippen LogP contribution in [0.1, 0.15) is 10.4 Å². The van der Waals surface area contributed by atoms with Gasteiger partial charge in [0.2, 0.25) is 0 Å². The van der Waals surface area contributed by atoms with Crippen molar-refractivity contribution >= 4 is 33.1 Å². The second-order valence-corrected chi connectivity index (χ2v) is 3.36. The molecule has 12 heavy (non-hydrogen) atoms. The zero-order valence-corrected chi connectivity index (χ0v) is 7.63. The molecule has 3 nitrogen and oxygen atoms in total. The van der Waals surface area contributed by atoms with Gasteiger partial charge < -0.3 is 0 Å². The predicted octanol–water partition coefficient (Wildman–Crippen LogP) is 2.14. The van der Waals surface area contributed by atoms with Crippen molar-refractivity contribution in [2.45, 2.75) is 0 Å². The number of benzene rings is 1. The molecule has 1 heterocycles. The lowest BCUT2D eigenvalue weighted by atomic mass is 10.2. The first-order chi connectivity index (χ1) is 5.81. The zero-order chi connectivity index (χ0) is 8.55. The summed E-state index contributed by atoms with van der Waals surface area (Å²) >= 11 is 3.31. The van der Waals surface area contributed by atoms with E-state index < -0.39 is 0 Å². The van der Waals surface area contributed by atoms with Gasteiger partial charge in [0.1, 0.15) is 0 Å². The number of hydrogen-bond donors (Lipinski definition) is 1. The van der Waals surface area contributed by atoms with E-state index in [1.54, 1.807) is 12.3 Å². The molecule has 0 amide bonds. The van der Waals surface area contributed by atoms with Crippen LogP contribution in [0.3, 0.4) is 0 Å². The minimum Gasteiger partial charge on any atom is -0.298 e. The lowest BCUT2D eigenvalue weighted by Gasteiger charge is -1.94. The second kappa shape index (κ2) is 2.71. The SMILES string of the molecule is O=Cc1cc(Br)cc2cn[nH]c12. The van der Waals surface area contributed by atoms with Crippen LogP contribution in [0, 0.1) is 0 Å². The highest BCUT2D eigenvalue weighted by Crippen LogP contribution is 2.20. The Hall–Kier alpha value is -1.16. The van der Waals surface area contributed by atoms with Gasteiger partial charge in [-0.25, -0.2) is 0 Å². The van der Waals surface area contributed by atoms with Crippen LogP contribution in [-0.4, -0.2) is 16.5 Å². The van der Waals surface area contributed by atoms with Gasteiger partial charge in [0, 0.05) is 15.4 Å². The van der Waals surface area contributed by atoms with Gasteiger partial charge in [-0.3, -0.25) is 9.89 Å². The highest BCUT2D eigenvalue weighted by molar-refractivity contribution is 9.10. The molecule has 2 rings (SSSR count). The number of aldehydes is 1. The van der Waals surface area contributed by atoms with Gasteiger partial charge in [0.05, 0.1) is 11.7 Å². The van der Waals surface area contributed by atoms with E-state index in [0.717, 1.165) is 21.7 Å². The summed E-state index contributed by atoms with van der Waals surface area (Å²) in [6, 6.07) is 3.67. The van der Waals surface area contributed by atoms with E-state index >= 15 is 0 Å². The fourth-order valence-electron chi connectivity index (χ4n) is 1.14. The van der Waals surface area contributed by atoms with Crippen molar-refractivity contribution in [1.82, 2.24) is 10.2 Å². The standard InChI is InChI=1S/C8H5BrN2O/c9-7-1-5-3-10-11-8(5)6(2-7)4-12/h1-4H,(H,10,11). The fraction of sp³-hybridized carbons (Fsp3) is 0. The first-order valence-corrected chi connectivity index (χ1v) is 4.18. The Labute approximate surface area is 76.9 Å². The number of H-pyrrole nitrogens is 1. The first kappa shape index (κ1) is 7.49. The van der Waals surface area contributed by atoms with Gasteiger partial charge >= 0.3 is 0 Å². The predicted molar refractivity (Wildman–Crippen MR) is 49.2 cm³/mol. The van der Waals surface area contributed by atoms with Crippen molar-refractivity contribution in [2.24, 2.45) is 0 Å². The van der Waals surface area contributed by atoms with Crippen molar-refractivity contribution in [3.05, 3.63) is 28.4 Å². The Kier molecular flexibility index (Phi) is 1.69. The Morgan fingerprint density at radius 3 is 3.08 bits per heavy atom. The maximum atomic E-state index is 10.6. The highest BCUT2D eigenvalue weighted by atomic mass is 79.9. The van der Waals surface area contributed by atoms with E-state index in [-0.39, 0.29) is 0 Å². The van der Waals surface area contributed by atoms with Crippen LogP contribution in [-0.2, 0) is 0 Å². The maximum Gasteiger partial charge on any atom is 0.152 e. The maximum absolute atomic E-state index is 10.6. The number of carbonyl (C=O) groups is 1. The Morgan fingerprint density at radius 2 is 2.33 bits per heavy atom. The number of hydrogen-bond acceptors (Lipinski definition) is 2. The molecular formula is C8H5BrN2O. The number of halogens is 1. The third-order valence-electron chi connectivity index (χ3n) is 1.67. The number of aromatic amines is 1. The molecule has 0 aliphatic heterocycles. The molecule has 1 aromatic carbocycles. The van der Waals surface area contributed by atoms with Gasteiger partial charge in [-0.1, -0.05) is 15.9 Å². The third kappa shape index (κ3) is 1.04. The van der Waals surface area contributed by atoms with Crippen LogP contribution < -0.4 is 0 Å². The van der Waals surface area contributed by atoms with Gasteiger partial charge in [0.15, 0.2) is 6.29 Å². The molecule has 60 valence electrons. The molecule has 0 saturated heterocycles. The summed E-state index contributed by atoms with van der Waals surface area (Å²) in [5.41, 5.74) is 1.41. The first-order valence-electron chi connectivity index (χ1n) is 3.39. The smallest absolute Gasteiger partial charge is 0.152 e. The van der Waals surface area contributed by atoms with Crippen molar-refractivity contribution in [2.75, 3.05) is 0 Å². The summed E-state index contributed by atoms with van der Waals surface area (Å²) in [4.78, 5) is 10.6. The fourth-order valence-corrected chi connectivity index (χ4v) is 1.63.